The molecule has 15 heavy (non-hydrogen) atoms. The molecule has 1 N–H and O–H groups in total. The van der Waals surface area contributed by atoms with Crippen molar-refractivity contribution in [2.45, 2.75) is 40.2 Å². The molecular formula is C11H24N2O2. The number of amides is 2. The van der Waals surface area contributed by atoms with Crippen molar-refractivity contribution in [3.8, 4) is 0 Å². The molecule has 4 heteroatoms. The molecule has 0 aliphatic rings. The van der Waals surface area contributed by atoms with Gasteiger partial charge in [0.1, 0.15) is 0 Å². The van der Waals surface area contributed by atoms with Crippen molar-refractivity contribution in [3.63, 3.8) is 0 Å². The van der Waals surface area contributed by atoms with Crippen LogP contribution in [0.15, 0.2) is 0 Å². The van der Waals surface area contributed by atoms with Crippen molar-refractivity contribution in [1.82, 2.24) is 10.2 Å². The Bertz CT molecular complexity index is 189. The van der Waals surface area contributed by atoms with Crippen LogP contribution in [0, 0.1) is 0 Å². The Balaban J connectivity index is 3.98. The lowest BCUT2D eigenvalue weighted by Crippen LogP contribution is -2.46. The van der Waals surface area contributed by atoms with Crippen LogP contribution >= 0.6 is 0 Å². The fourth-order valence-electron chi connectivity index (χ4n) is 1.35. The Morgan fingerprint density at radius 3 is 2.20 bits per heavy atom. The Morgan fingerprint density at radius 2 is 1.80 bits per heavy atom. The highest BCUT2D eigenvalue weighted by Crippen LogP contribution is 2.06. The second-order valence-corrected chi connectivity index (χ2v) is 4.02. The second kappa shape index (κ2) is 6.67. The molecule has 90 valence electrons. The van der Waals surface area contributed by atoms with Gasteiger partial charge in [-0.2, -0.15) is 0 Å². The van der Waals surface area contributed by atoms with E-state index in [9.17, 15) is 4.79 Å². The number of carbonyl (C=O) groups excluding carboxylic acids is 1. The van der Waals surface area contributed by atoms with Gasteiger partial charge in [-0.15, -0.1) is 0 Å². The fourth-order valence-corrected chi connectivity index (χ4v) is 1.35. The first kappa shape index (κ1) is 14.2. The van der Waals surface area contributed by atoms with Crippen LogP contribution in [0.4, 0.5) is 4.79 Å². The molecule has 0 aromatic carbocycles. The van der Waals surface area contributed by atoms with Crippen LogP contribution in [0.1, 0.15) is 34.6 Å². The van der Waals surface area contributed by atoms with Crippen molar-refractivity contribution < 1.29 is 9.53 Å². The lowest BCUT2D eigenvalue weighted by atomic mass is 10.1. The van der Waals surface area contributed by atoms with Gasteiger partial charge in [0.2, 0.25) is 0 Å². The number of hydrogen-bond donors (Lipinski definition) is 1. The van der Waals surface area contributed by atoms with Gasteiger partial charge in [0.15, 0.2) is 0 Å². The molecule has 4 nitrogen and oxygen atoms in total. The largest absolute Gasteiger partial charge is 0.374 e. The number of urea groups is 1. The van der Waals surface area contributed by atoms with E-state index in [0.29, 0.717) is 13.2 Å². The van der Waals surface area contributed by atoms with Crippen LogP contribution in [0.25, 0.3) is 0 Å². The lowest BCUT2D eigenvalue weighted by Gasteiger charge is -2.27. The minimum atomic E-state index is -0.294. The Kier molecular flexibility index (Phi) is 6.32. The average molecular weight is 216 g/mol. The van der Waals surface area contributed by atoms with Gasteiger partial charge in [-0.3, -0.25) is 0 Å². The summed E-state index contributed by atoms with van der Waals surface area (Å²) in [6.07, 6.45) is 0. The van der Waals surface area contributed by atoms with Crippen molar-refractivity contribution >= 4 is 6.03 Å². The molecule has 0 bridgehead atoms. The van der Waals surface area contributed by atoms with Gasteiger partial charge >= 0.3 is 6.03 Å². The third-order valence-electron chi connectivity index (χ3n) is 2.25. The monoisotopic (exact) mass is 216 g/mol. The molecule has 0 aromatic heterocycles. The lowest BCUT2D eigenvalue weighted by molar-refractivity contribution is -0.00757. The predicted octanol–water partition coefficient (Wildman–Crippen LogP) is 1.85. The minimum absolute atomic E-state index is 0.0206. The first-order valence-electron chi connectivity index (χ1n) is 5.63. The van der Waals surface area contributed by atoms with Crippen LogP contribution in [-0.4, -0.2) is 42.8 Å². The zero-order valence-electron chi connectivity index (χ0n) is 10.6. The van der Waals surface area contributed by atoms with E-state index in [0.717, 1.165) is 13.1 Å². The maximum absolute atomic E-state index is 11.6. The maximum Gasteiger partial charge on any atom is 0.317 e. The first-order chi connectivity index (χ1) is 6.96. The Morgan fingerprint density at radius 1 is 1.27 bits per heavy atom. The summed E-state index contributed by atoms with van der Waals surface area (Å²) >= 11 is 0. The number of rotatable bonds is 6. The van der Waals surface area contributed by atoms with Gasteiger partial charge in [0.25, 0.3) is 0 Å². The zero-order chi connectivity index (χ0) is 11.9. The summed E-state index contributed by atoms with van der Waals surface area (Å²) in [5.74, 6) is 0. The Labute approximate surface area is 93.0 Å². The normalized spacial score (nSPS) is 11.3. The summed E-state index contributed by atoms with van der Waals surface area (Å²) in [5, 5.41) is 2.87. The van der Waals surface area contributed by atoms with E-state index >= 15 is 0 Å². The van der Waals surface area contributed by atoms with E-state index in [-0.39, 0.29) is 11.6 Å². The van der Waals surface area contributed by atoms with Gasteiger partial charge in [-0.25, -0.2) is 4.79 Å². The molecule has 0 spiro atoms. The molecule has 0 atom stereocenters. The van der Waals surface area contributed by atoms with E-state index in [1.807, 2.05) is 34.6 Å². The average Bonchev–Trinajstić information content (AvgIpc) is 2.17. The molecule has 0 heterocycles. The highest BCUT2D eigenvalue weighted by Gasteiger charge is 2.19. The Hall–Kier alpha value is -0.770. The van der Waals surface area contributed by atoms with Gasteiger partial charge in [0.05, 0.1) is 5.60 Å². The van der Waals surface area contributed by atoms with Gasteiger partial charge in [-0.1, -0.05) is 0 Å². The van der Waals surface area contributed by atoms with E-state index in [1.165, 1.54) is 0 Å². The summed E-state index contributed by atoms with van der Waals surface area (Å²) in [4.78, 5) is 13.4. The number of hydrogen-bond acceptors (Lipinski definition) is 2. The third-order valence-corrected chi connectivity index (χ3v) is 2.25. The van der Waals surface area contributed by atoms with E-state index in [2.05, 4.69) is 5.32 Å². The summed E-state index contributed by atoms with van der Waals surface area (Å²) in [7, 11) is 0. The SMILES string of the molecule is CCOC(C)(C)CNC(=O)N(CC)CC. The highest BCUT2D eigenvalue weighted by atomic mass is 16.5. The van der Waals surface area contributed by atoms with Crippen LogP contribution in [0.2, 0.25) is 0 Å². The minimum Gasteiger partial charge on any atom is -0.374 e. The van der Waals surface area contributed by atoms with Crippen LogP contribution in [0.5, 0.6) is 0 Å². The number of carbonyl (C=O) groups is 1. The number of nitrogens with one attached hydrogen (secondary N) is 1. The second-order valence-electron chi connectivity index (χ2n) is 4.02. The van der Waals surface area contributed by atoms with Crippen LogP contribution in [0.3, 0.4) is 0 Å². The van der Waals surface area contributed by atoms with Crippen LogP contribution in [-0.2, 0) is 4.74 Å². The smallest absolute Gasteiger partial charge is 0.317 e. The molecular weight excluding hydrogens is 192 g/mol. The van der Waals surface area contributed by atoms with Gasteiger partial charge in [-0.05, 0) is 34.6 Å². The fraction of sp³-hybridized carbons (Fsp3) is 0.909. The zero-order valence-corrected chi connectivity index (χ0v) is 10.6. The third kappa shape index (κ3) is 5.62. The van der Waals surface area contributed by atoms with Crippen molar-refractivity contribution in [3.05, 3.63) is 0 Å². The summed E-state index contributed by atoms with van der Waals surface area (Å²) < 4.78 is 5.49. The number of nitrogens with zero attached hydrogens (tertiary/aromatic N) is 1. The van der Waals surface area contributed by atoms with Crippen molar-refractivity contribution in [2.75, 3.05) is 26.2 Å². The topological polar surface area (TPSA) is 41.6 Å². The molecule has 0 aliphatic carbocycles. The molecule has 0 rings (SSSR count). The summed E-state index contributed by atoms with van der Waals surface area (Å²) in [6, 6.07) is -0.0206. The van der Waals surface area contributed by atoms with E-state index < -0.39 is 0 Å². The van der Waals surface area contributed by atoms with Crippen LogP contribution < -0.4 is 5.32 Å². The van der Waals surface area contributed by atoms with E-state index in [4.69, 9.17) is 4.74 Å². The van der Waals surface area contributed by atoms with Crippen molar-refractivity contribution in [1.29, 1.82) is 0 Å². The summed E-state index contributed by atoms with van der Waals surface area (Å²) in [5.41, 5.74) is -0.294. The standard InChI is InChI=1S/C11H24N2O2/c1-6-13(7-2)10(14)12-9-11(4,5)15-8-3/h6-9H2,1-5H3,(H,12,14). The first-order valence-corrected chi connectivity index (χ1v) is 5.63. The molecule has 0 unspecified atom stereocenters. The molecule has 0 saturated heterocycles. The quantitative estimate of drug-likeness (QED) is 0.736. The van der Waals surface area contributed by atoms with Gasteiger partial charge < -0.3 is 15.0 Å². The summed E-state index contributed by atoms with van der Waals surface area (Å²) in [6.45, 7) is 12.5. The predicted molar refractivity (Wildman–Crippen MR) is 62.0 cm³/mol. The van der Waals surface area contributed by atoms with Gasteiger partial charge in [0, 0.05) is 26.2 Å². The molecule has 0 radical (unpaired) electrons. The molecule has 0 aliphatic heterocycles. The molecule has 0 saturated carbocycles. The maximum atomic E-state index is 11.6. The highest BCUT2D eigenvalue weighted by molar-refractivity contribution is 5.74. The number of ether oxygens (including phenoxy) is 1. The molecule has 0 fully saturated rings. The molecule has 2 amide bonds. The van der Waals surface area contributed by atoms with Crippen molar-refractivity contribution in [2.24, 2.45) is 0 Å². The molecule has 0 aromatic rings. The van der Waals surface area contributed by atoms with E-state index in [1.54, 1.807) is 4.90 Å².